The molecule has 1 N–H and O–H groups in total. The van der Waals surface area contributed by atoms with E-state index < -0.39 is 10.0 Å². The molecule has 2 saturated heterocycles. The van der Waals surface area contributed by atoms with Gasteiger partial charge in [-0.05, 0) is 43.2 Å². The van der Waals surface area contributed by atoms with Crippen LogP contribution in [0.15, 0.2) is 30.3 Å². The van der Waals surface area contributed by atoms with E-state index in [0.29, 0.717) is 5.92 Å². The number of likely N-dealkylation sites (tertiary alicyclic amines) is 2. The van der Waals surface area contributed by atoms with Crippen LogP contribution in [0.1, 0.15) is 37.2 Å². The van der Waals surface area contributed by atoms with Crippen molar-refractivity contribution in [1.29, 1.82) is 0 Å². The molecule has 1 aromatic carbocycles. The fraction of sp³-hybridized carbons (Fsp3) is 0.650. The molecule has 27 heavy (non-hydrogen) atoms. The van der Waals surface area contributed by atoms with Gasteiger partial charge >= 0.3 is 0 Å². The Morgan fingerprint density at radius 1 is 1.22 bits per heavy atom. The Hall–Kier alpha value is -1.44. The van der Waals surface area contributed by atoms with Crippen molar-refractivity contribution in [3.63, 3.8) is 0 Å². The van der Waals surface area contributed by atoms with E-state index >= 15 is 0 Å². The van der Waals surface area contributed by atoms with E-state index in [-0.39, 0.29) is 24.3 Å². The summed E-state index contributed by atoms with van der Waals surface area (Å²) in [5.74, 6) is 0.593. The molecular weight excluding hydrogens is 362 g/mol. The third-order valence-electron chi connectivity index (χ3n) is 5.97. The van der Waals surface area contributed by atoms with Crippen molar-refractivity contribution in [2.45, 2.75) is 31.6 Å². The minimum Gasteiger partial charge on any atom is -0.343 e. The van der Waals surface area contributed by atoms with Crippen LogP contribution < -0.4 is 4.72 Å². The Balaban J connectivity index is 1.56. The van der Waals surface area contributed by atoms with E-state index in [4.69, 9.17) is 0 Å². The summed E-state index contributed by atoms with van der Waals surface area (Å²) < 4.78 is 24.7. The predicted octanol–water partition coefficient (Wildman–Crippen LogP) is 1.65. The van der Waals surface area contributed by atoms with Crippen molar-refractivity contribution in [3.05, 3.63) is 35.9 Å². The third kappa shape index (κ3) is 5.53. The van der Waals surface area contributed by atoms with E-state index in [9.17, 15) is 13.2 Å². The topological polar surface area (TPSA) is 69.7 Å². The molecule has 150 valence electrons. The number of hydrogen-bond donors (Lipinski definition) is 1. The van der Waals surface area contributed by atoms with Gasteiger partial charge in [0.2, 0.25) is 15.9 Å². The Morgan fingerprint density at radius 2 is 1.89 bits per heavy atom. The second-order valence-electron chi connectivity index (χ2n) is 8.31. The lowest BCUT2D eigenvalue weighted by molar-refractivity contribution is -0.134. The van der Waals surface area contributed by atoms with Gasteiger partial charge in [0.1, 0.15) is 0 Å². The number of nitrogens with zero attached hydrogens (tertiary/aromatic N) is 2. The lowest BCUT2D eigenvalue weighted by atomic mass is 9.68. The SMILES string of the molecule is CN1CC(c2ccccc2)CC2(CCN(C(=O)CCNS(C)(=O)=O)CC2)C1. The summed E-state index contributed by atoms with van der Waals surface area (Å²) in [4.78, 5) is 16.7. The van der Waals surface area contributed by atoms with Crippen LogP contribution in [0.4, 0.5) is 0 Å². The number of piperidine rings is 2. The quantitative estimate of drug-likeness (QED) is 0.826. The van der Waals surface area contributed by atoms with Crippen LogP contribution in [0, 0.1) is 5.41 Å². The molecule has 2 heterocycles. The average Bonchev–Trinajstić information content (AvgIpc) is 2.61. The number of nitrogens with one attached hydrogen (secondary N) is 1. The van der Waals surface area contributed by atoms with Crippen molar-refractivity contribution >= 4 is 15.9 Å². The van der Waals surface area contributed by atoms with Crippen LogP contribution in [0.3, 0.4) is 0 Å². The summed E-state index contributed by atoms with van der Waals surface area (Å²) in [7, 11) is -1.04. The number of benzene rings is 1. The first-order valence-electron chi connectivity index (χ1n) is 9.72. The van der Waals surface area contributed by atoms with Crippen molar-refractivity contribution in [2.24, 2.45) is 5.41 Å². The molecule has 0 bridgehead atoms. The molecule has 7 heteroatoms. The standard InChI is InChI=1S/C20H31N3O3S/c1-22-15-18(17-6-4-3-5-7-17)14-20(16-22)9-12-23(13-10-20)19(24)8-11-21-27(2,25)26/h3-7,18,21H,8-16H2,1-2H3. The molecule has 1 atom stereocenters. The van der Waals surface area contributed by atoms with Gasteiger partial charge in [0.15, 0.2) is 0 Å². The molecule has 0 saturated carbocycles. The number of rotatable bonds is 5. The van der Waals surface area contributed by atoms with Crippen molar-refractivity contribution < 1.29 is 13.2 Å². The molecule has 1 unspecified atom stereocenters. The maximum absolute atomic E-state index is 12.4. The van der Waals surface area contributed by atoms with Crippen LogP contribution in [0.5, 0.6) is 0 Å². The van der Waals surface area contributed by atoms with Gasteiger partial charge < -0.3 is 9.80 Å². The molecular formula is C20H31N3O3S. The highest BCUT2D eigenvalue weighted by molar-refractivity contribution is 7.88. The monoisotopic (exact) mass is 393 g/mol. The zero-order valence-corrected chi connectivity index (χ0v) is 17.2. The normalized spacial score (nSPS) is 23.5. The Morgan fingerprint density at radius 3 is 2.52 bits per heavy atom. The van der Waals surface area contributed by atoms with Crippen molar-refractivity contribution in [1.82, 2.24) is 14.5 Å². The van der Waals surface area contributed by atoms with E-state index in [1.807, 2.05) is 4.90 Å². The molecule has 6 nitrogen and oxygen atoms in total. The van der Waals surface area contributed by atoms with Gasteiger partial charge in [0.05, 0.1) is 6.26 Å². The van der Waals surface area contributed by atoms with Crippen molar-refractivity contribution in [3.8, 4) is 0 Å². The number of hydrogen-bond acceptors (Lipinski definition) is 4. The van der Waals surface area contributed by atoms with Crippen LogP contribution in [-0.4, -0.2) is 70.2 Å². The Labute approximate surface area is 163 Å². The van der Waals surface area contributed by atoms with Crippen molar-refractivity contribution in [2.75, 3.05) is 46.0 Å². The van der Waals surface area contributed by atoms with Crippen LogP contribution in [-0.2, 0) is 14.8 Å². The Bertz CT molecular complexity index is 743. The molecule has 0 aliphatic carbocycles. The molecule has 0 radical (unpaired) electrons. The maximum atomic E-state index is 12.4. The molecule has 1 amide bonds. The summed E-state index contributed by atoms with van der Waals surface area (Å²) >= 11 is 0. The number of likely N-dealkylation sites (N-methyl/N-ethyl adjacent to an activating group) is 1. The largest absolute Gasteiger partial charge is 0.343 e. The van der Waals surface area contributed by atoms with Gasteiger partial charge in [0, 0.05) is 39.1 Å². The second kappa shape index (κ2) is 8.29. The van der Waals surface area contributed by atoms with Gasteiger partial charge in [-0.3, -0.25) is 4.79 Å². The zero-order valence-electron chi connectivity index (χ0n) is 16.4. The number of carbonyl (C=O) groups excluding carboxylic acids is 1. The molecule has 1 spiro atoms. The molecule has 3 rings (SSSR count). The van der Waals surface area contributed by atoms with Crippen LogP contribution >= 0.6 is 0 Å². The highest BCUT2D eigenvalue weighted by Crippen LogP contribution is 2.44. The average molecular weight is 394 g/mol. The zero-order chi connectivity index (χ0) is 19.5. The van der Waals surface area contributed by atoms with Gasteiger partial charge in [0.25, 0.3) is 0 Å². The third-order valence-corrected chi connectivity index (χ3v) is 6.70. The predicted molar refractivity (Wildman–Crippen MR) is 107 cm³/mol. The van der Waals surface area contributed by atoms with E-state index in [2.05, 4.69) is 47.0 Å². The van der Waals surface area contributed by atoms with Gasteiger partial charge in [-0.25, -0.2) is 13.1 Å². The smallest absolute Gasteiger partial charge is 0.223 e. The number of amides is 1. The van der Waals surface area contributed by atoms with Crippen LogP contribution in [0.2, 0.25) is 0 Å². The van der Waals surface area contributed by atoms with E-state index in [1.165, 1.54) is 12.0 Å². The lowest BCUT2D eigenvalue weighted by Crippen LogP contribution is -2.51. The van der Waals surface area contributed by atoms with Crippen LogP contribution in [0.25, 0.3) is 0 Å². The summed E-state index contributed by atoms with van der Waals surface area (Å²) in [5, 5.41) is 0. The first-order chi connectivity index (χ1) is 12.8. The first kappa shape index (κ1) is 20.3. The number of carbonyl (C=O) groups is 1. The minimum absolute atomic E-state index is 0.0461. The summed E-state index contributed by atoms with van der Waals surface area (Å²) in [5.41, 5.74) is 1.68. The summed E-state index contributed by atoms with van der Waals surface area (Å²) in [6.07, 6.45) is 4.56. The number of sulfonamides is 1. The van der Waals surface area contributed by atoms with E-state index in [0.717, 1.165) is 45.3 Å². The molecule has 2 aliphatic rings. The lowest BCUT2D eigenvalue weighted by Gasteiger charge is -2.49. The minimum atomic E-state index is -3.24. The van der Waals surface area contributed by atoms with Gasteiger partial charge in [-0.15, -0.1) is 0 Å². The highest BCUT2D eigenvalue weighted by atomic mass is 32.2. The second-order valence-corrected chi connectivity index (χ2v) is 10.1. The van der Waals surface area contributed by atoms with Gasteiger partial charge in [-0.1, -0.05) is 30.3 Å². The molecule has 2 aliphatic heterocycles. The summed E-state index contributed by atoms with van der Waals surface area (Å²) in [6.45, 7) is 3.90. The highest BCUT2D eigenvalue weighted by Gasteiger charge is 2.41. The fourth-order valence-electron chi connectivity index (χ4n) is 4.71. The maximum Gasteiger partial charge on any atom is 0.223 e. The van der Waals surface area contributed by atoms with Gasteiger partial charge in [-0.2, -0.15) is 0 Å². The fourth-order valence-corrected chi connectivity index (χ4v) is 5.18. The van der Waals surface area contributed by atoms with E-state index in [1.54, 1.807) is 0 Å². The Kier molecular flexibility index (Phi) is 6.23. The molecule has 2 fully saturated rings. The summed E-state index contributed by atoms with van der Waals surface area (Å²) in [6, 6.07) is 10.7. The molecule has 0 aromatic heterocycles. The molecule has 1 aromatic rings. The first-order valence-corrected chi connectivity index (χ1v) is 11.6.